The molecule has 1 atom stereocenters. The van der Waals surface area contributed by atoms with Gasteiger partial charge in [0.1, 0.15) is 18.0 Å². The fraction of sp³-hybridized carbons (Fsp3) is 0.300. The Bertz CT molecular complexity index is 331. The maximum Gasteiger partial charge on any atom is 0.258 e. The molecule has 0 aliphatic rings. The van der Waals surface area contributed by atoms with Crippen LogP contribution in [0.25, 0.3) is 0 Å². The van der Waals surface area contributed by atoms with Crippen molar-refractivity contribution in [2.75, 3.05) is 0 Å². The molecule has 0 aromatic heterocycles. The van der Waals surface area contributed by atoms with Crippen molar-refractivity contribution in [1.29, 1.82) is 0 Å². The van der Waals surface area contributed by atoms with Crippen molar-refractivity contribution in [2.24, 2.45) is 0 Å². The molecule has 0 bridgehead atoms. The average molecular weight is 200 g/mol. The molecular formula is C10H10F2O2. The van der Waals surface area contributed by atoms with E-state index in [0.717, 1.165) is 6.07 Å². The van der Waals surface area contributed by atoms with Crippen LogP contribution in [-0.4, -0.2) is 17.3 Å². The van der Waals surface area contributed by atoms with Gasteiger partial charge in [0.15, 0.2) is 0 Å². The highest BCUT2D eigenvalue weighted by molar-refractivity contribution is 5.64. The summed E-state index contributed by atoms with van der Waals surface area (Å²) < 4.78 is 25.8. The van der Waals surface area contributed by atoms with Gasteiger partial charge in [0.2, 0.25) is 0 Å². The number of carbonyl (C=O) groups excluding carboxylic acids is 1. The minimum Gasteiger partial charge on any atom is -0.508 e. The van der Waals surface area contributed by atoms with Gasteiger partial charge in [-0.2, -0.15) is 0 Å². The molecule has 0 radical (unpaired) electrons. The minimum absolute atomic E-state index is 0.118. The Balaban J connectivity index is 3.07. The van der Waals surface area contributed by atoms with E-state index in [9.17, 15) is 13.6 Å². The van der Waals surface area contributed by atoms with Gasteiger partial charge in [0, 0.05) is 6.92 Å². The van der Waals surface area contributed by atoms with Crippen LogP contribution in [-0.2, 0) is 4.79 Å². The van der Waals surface area contributed by atoms with Crippen molar-refractivity contribution in [3.8, 4) is 5.75 Å². The molecule has 14 heavy (non-hydrogen) atoms. The molecular weight excluding hydrogens is 190 g/mol. The Kier molecular flexibility index (Phi) is 2.84. The van der Waals surface area contributed by atoms with Crippen LogP contribution in [0.2, 0.25) is 0 Å². The molecule has 1 unspecified atom stereocenters. The molecule has 0 heterocycles. The molecule has 0 aliphatic heterocycles. The smallest absolute Gasteiger partial charge is 0.258 e. The molecule has 1 aromatic carbocycles. The summed E-state index contributed by atoms with van der Waals surface area (Å²) in [7, 11) is 0. The molecule has 2 nitrogen and oxygen atoms in total. The van der Waals surface area contributed by atoms with Crippen LogP contribution < -0.4 is 0 Å². The molecule has 0 spiro atoms. The molecule has 0 amide bonds. The van der Waals surface area contributed by atoms with Gasteiger partial charge in [0.25, 0.3) is 5.92 Å². The highest BCUT2D eigenvalue weighted by atomic mass is 19.3. The first kappa shape index (κ1) is 10.6. The number of alkyl halides is 2. The Morgan fingerprint density at radius 2 is 2.14 bits per heavy atom. The summed E-state index contributed by atoms with van der Waals surface area (Å²) in [5.74, 6) is -4.75. The summed E-state index contributed by atoms with van der Waals surface area (Å²) in [5.41, 5.74) is 0.118. The van der Waals surface area contributed by atoms with Crippen LogP contribution >= 0.6 is 0 Å². The van der Waals surface area contributed by atoms with Gasteiger partial charge < -0.3 is 9.90 Å². The zero-order valence-corrected chi connectivity index (χ0v) is 7.58. The van der Waals surface area contributed by atoms with E-state index in [0.29, 0.717) is 6.92 Å². The zero-order valence-electron chi connectivity index (χ0n) is 7.58. The van der Waals surface area contributed by atoms with E-state index in [1.165, 1.54) is 18.2 Å². The number of carbonyl (C=O) groups is 1. The van der Waals surface area contributed by atoms with Gasteiger partial charge in [-0.05, 0) is 17.7 Å². The van der Waals surface area contributed by atoms with Gasteiger partial charge in [0.05, 0.1) is 0 Å². The van der Waals surface area contributed by atoms with Crippen LogP contribution in [0.15, 0.2) is 24.3 Å². The van der Waals surface area contributed by atoms with Crippen LogP contribution in [0.5, 0.6) is 5.75 Å². The summed E-state index contributed by atoms with van der Waals surface area (Å²) in [5, 5.41) is 9.06. The number of hydrogen-bond acceptors (Lipinski definition) is 2. The lowest BCUT2D eigenvalue weighted by molar-refractivity contribution is -0.116. The molecule has 0 saturated carbocycles. The quantitative estimate of drug-likeness (QED) is 0.760. The Morgan fingerprint density at radius 3 is 2.57 bits per heavy atom. The first-order valence-electron chi connectivity index (χ1n) is 4.07. The fourth-order valence-corrected chi connectivity index (χ4v) is 1.21. The Morgan fingerprint density at radius 1 is 1.50 bits per heavy atom. The number of rotatable bonds is 3. The largest absolute Gasteiger partial charge is 0.508 e. The standard InChI is InChI=1S/C10H10F2O2/c1-10(11,12)9(6-13)7-3-2-4-8(14)5-7/h2-6,9,14H,1H3. The number of aldehydes is 1. The second kappa shape index (κ2) is 3.74. The Hall–Kier alpha value is -1.45. The second-order valence-corrected chi connectivity index (χ2v) is 3.17. The molecule has 0 saturated heterocycles. The normalized spacial score (nSPS) is 13.6. The average Bonchev–Trinajstić information content (AvgIpc) is 2.02. The number of benzene rings is 1. The van der Waals surface area contributed by atoms with E-state index >= 15 is 0 Å². The van der Waals surface area contributed by atoms with Crippen LogP contribution in [0.1, 0.15) is 18.4 Å². The van der Waals surface area contributed by atoms with E-state index < -0.39 is 11.8 Å². The number of aromatic hydroxyl groups is 1. The van der Waals surface area contributed by atoms with Crippen molar-refractivity contribution in [1.82, 2.24) is 0 Å². The third kappa shape index (κ3) is 2.28. The molecule has 0 aliphatic carbocycles. The Labute approximate surface area is 80.2 Å². The van der Waals surface area contributed by atoms with Crippen LogP contribution in [0, 0.1) is 0 Å². The SMILES string of the molecule is CC(F)(F)C(C=O)c1cccc(O)c1. The van der Waals surface area contributed by atoms with Crippen LogP contribution in [0.4, 0.5) is 8.78 Å². The highest BCUT2D eigenvalue weighted by Crippen LogP contribution is 2.32. The monoisotopic (exact) mass is 200 g/mol. The topological polar surface area (TPSA) is 37.3 Å². The molecule has 4 heteroatoms. The van der Waals surface area contributed by atoms with Crippen molar-refractivity contribution >= 4 is 6.29 Å². The molecule has 0 fully saturated rings. The van der Waals surface area contributed by atoms with Gasteiger partial charge in [-0.1, -0.05) is 12.1 Å². The number of hydrogen-bond donors (Lipinski definition) is 1. The van der Waals surface area contributed by atoms with E-state index in [1.54, 1.807) is 0 Å². The third-order valence-corrected chi connectivity index (χ3v) is 1.91. The van der Waals surface area contributed by atoms with Gasteiger partial charge in [-0.15, -0.1) is 0 Å². The summed E-state index contributed by atoms with van der Waals surface area (Å²) in [6.07, 6.45) is 0.189. The molecule has 76 valence electrons. The van der Waals surface area contributed by atoms with Crippen LogP contribution in [0.3, 0.4) is 0 Å². The minimum atomic E-state index is -3.12. The van der Waals surface area contributed by atoms with Gasteiger partial charge >= 0.3 is 0 Å². The van der Waals surface area contributed by atoms with Crippen molar-refractivity contribution in [3.63, 3.8) is 0 Å². The van der Waals surface area contributed by atoms with Gasteiger partial charge in [-0.3, -0.25) is 0 Å². The van der Waals surface area contributed by atoms with E-state index in [4.69, 9.17) is 5.11 Å². The molecule has 1 N–H and O–H groups in total. The van der Waals surface area contributed by atoms with E-state index in [-0.39, 0.29) is 17.6 Å². The second-order valence-electron chi connectivity index (χ2n) is 3.17. The van der Waals surface area contributed by atoms with Gasteiger partial charge in [-0.25, -0.2) is 8.78 Å². The lowest BCUT2D eigenvalue weighted by Crippen LogP contribution is -2.23. The number of halogens is 2. The third-order valence-electron chi connectivity index (χ3n) is 1.91. The zero-order chi connectivity index (χ0) is 10.8. The summed E-state index contributed by atoms with van der Waals surface area (Å²) >= 11 is 0. The number of phenolic OH excluding ortho intramolecular Hbond substituents is 1. The lowest BCUT2D eigenvalue weighted by atomic mass is 9.95. The first-order valence-corrected chi connectivity index (χ1v) is 4.07. The highest BCUT2D eigenvalue weighted by Gasteiger charge is 2.35. The van der Waals surface area contributed by atoms with Crippen molar-refractivity contribution in [3.05, 3.63) is 29.8 Å². The van der Waals surface area contributed by atoms with Crippen molar-refractivity contribution in [2.45, 2.75) is 18.8 Å². The maximum atomic E-state index is 12.9. The predicted octanol–water partition coefficient (Wildman–Crippen LogP) is 2.33. The van der Waals surface area contributed by atoms with Crippen molar-refractivity contribution < 1.29 is 18.7 Å². The summed E-state index contributed by atoms with van der Waals surface area (Å²) in [6.45, 7) is 0.677. The predicted molar refractivity (Wildman–Crippen MR) is 47.5 cm³/mol. The summed E-state index contributed by atoms with van der Waals surface area (Å²) in [4.78, 5) is 10.5. The maximum absolute atomic E-state index is 12.9. The number of phenols is 1. The summed E-state index contributed by atoms with van der Waals surface area (Å²) in [6, 6.07) is 5.33. The molecule has 1 rings (SSSR count). The lowest BCUT2D eigenvalue weighted by Gasteiger charge is -2.18. The first-order chi connectivity index (χ1) is 6.45. The fourth-order valence-electron chi connectivity index (χ4n) is 1.21. The molecule has 1 aromatic rings. The van der Waals surface area contributed by atoms with E-state index in [1.807, 2.05) is 0 Å². The van der Waals surface area contributed by atoms with E-state index in [2.05, 4.69) is 0 Å².